The fourth-order valence-corrected chi connectivity index (χ4v) is 2.04. The van der Waals surface area contributed by atoms with E-state index in [1.54, 1.807) is 12.4 Å². The van der Waals surface area contributed by atoms with Crippen LogP contribution in [0.1, 0.15) is 0 Å². The zero-order valence-electron chi connectivity index (χ0n) is 8.43. The van der Waals surface area contributed by atoms with Gasteiger partial charge < -0.3 is 4.57 Å². The van der Waals surface area contributed by atoms with Crippen LogP contribution in [0.5, 0.6) is 0 Å². The molecule has 0 atom stereocenters. The van der Waals surface area contributed by atoms with E-state index >= 15 is 0 Å². The Labute approximate surface area is 87.8 Å². The minimum absolute atomic E-state index is 0.510. The molecule has 15 heavy (non-hydrogen) atoms. The van der Waals surface area contributed by atoms with Crippen LogP contribution in [0.15, 0.2) is 24.5 Å². The molecule has 0 amide bonds. The summed E-state index contributed by atoms with van der Waals surface area (Å²) in [6.45, 7) is 0. The third kappa shape index (κ3) is 1.94. The lowest BCUT2D eigenvalue weighted by molar-refractivity contribution is 0.607. The SMILES string of the molecule is Cn1cc(NS(C)(=O)=O)c2ncccc21. The van der Waals surface area contributed by atoms with E-state index in [9.17, 15) is 8.42 Å². The van der Waals surface area contributed by atoms with E-state index in [0.717, 1.165) is 11.8 Å². The van der Waals surface area contributed by atoms with Gasteiger partial charge in [0.2, 0.25) is 10.0 Å². The molecule has 0 fully saturated rings. The van der Waals surface area contributed by atoms with Crippen molar-refractivity contribution in [2.45, 2.75) is 0 Å². The first-order valence-electron chi connectivity index (χ1n) is 4.35. The van der Waals surface area contributed by atoms with Crippen molar-refractivity contribution in [2.75, 3.05) is 11.0 Å². The highest BCUT2D eigenvalue weighted by atomic mass is 32.2. The number of anilines is 1. The number of nitrogens with zero attached hydrogens (tertiary/aromatic N) is 2. The predicted octanol–water partition coefficient (Wildman–Crippen LogP) is 0.945. The van der Waals surface area contributed by atoms with E-state index in [1.165, 1.54) is 0 Å². The lowest BCUT2D eigenvalue weighted by Gasteiger charge is -1.99. The molecular weight excluding hydrogens is 214 g/mol. The van der Waals surface area contributed by atoms with Gasteiger partial charge in [0.1, 0.15) is 5.52 Å². The van der Waals surface area contributed by atoms with E-state index in [1.807, 2.05) is 23.7 Å². The van der Waals surface area contributed by atoms with E-state index in [2.05, 4.69) is 9.71 Å². The number of rotatable bonds is 2. The summed E-state index contributed by atoms with van der Waals surface area (Å²) in [4.78, 5) is 4.14. The molecule has 0 aromatic carbocycles. The van der Waals surface area contributed by atoms with Gasteiger partial charge in [-0.15, -0.1) is 0 Å². The second-order valence-corrected chi connectivity index (χ2v) is 5.15. The molecule has 0 radical (unpaired) electrons. The van der Waals surface area contributed by atoms with Gasteiger partial charge in [-0.1, -0.05) is 0 Å². The fraction of sp³-hybridized carbons (Fsp3) is 0.222. The summed E-state index contributed by atoms with van der Waals surface area (Å²) in [5, 5.41) is 0. The number of hydrogen-bond donors (Lipinski definition) is 1. The predicted molar refractivity (Wildman–Crippen MR) is 59.2 cm³/mol. The van der Waals surface area contributed by atoms with Gasteiger partial charge in [-0.05, 0) is 12.1 Å². The molecule has 2 aromatic rings. The summed E-state index contributed by atoms with van der Waals surface area (Å²) in [5.41, 5.74) is 2.06. The minimum atomic E-state index is -3.26. The van der Waals surface area contributed by atoms with Crippen LogP contribution in [0, 0.1) is 0 Å². The molecule has 0 unspecified atom stereocenters. The molecular formula is C9H11N3O2S. The summed E-state index contributed by atoms with van der Waals surface area (Å²) in [5.74, 6) is 0. The van der Waals surface area contributed by atoms with Gasteiger partial charge in [-0.25, -0.2) is 8.42 Å². The van der Waals surface area contributed by atoms with Gasteiger partial charge in [-0.2, -0.15) is 0 Å². The van der Waals surface area contributed by atoms with Crippen LogP contribution in [-0.2, 0) is 17.1 Å². The summed E-state index contributed by atoms with van der Waals surface area (Å²) >= 11 is 0. The first kappa shape index (κ1) is 9.97. The topological polar surface area (TPSA) is 64.0 Å². The van der Waals surface area contributed by atoms with E-state index in [0.29, 0.717) is 11.2 Å². The average molecular weight is 225 g/mol. The van der Waals surface area contributed by atoms with Crippen LogP contribution >= 0.6 is 0 Å². The fourth-order valence-electron chi connectivity index (χ4n) is 1.49. The van der Waals surface area contributed by atoms with Crippen LogP contribution in [0.2, 0.25) is 0 Å². The number of aromatic nitrogens is 2. The highest BCUT2D eigenvalue weighted by molar-refractivity contribution is 7.92. The Morgan fingerprint density at radius 1 is 1.47 bits per heavy atom. The van der Waals surface area contributed by atoms with Crippen molar-refractivity contribution in [3.63, 3.8) is 0 Å². The molecule has 2 rings (SSSR count). The molecule has 0 saturated carbocycles. The van der Waals surface area contributed by atoms with Crippen molar-refractivity contribution >= 4 is 26.7 Å². The van der Waals surface area contributed by atoms with Crippen LogP contribution in [0.25, 0.3) is 11.0 Å². The lowest BCUT2D eigenvalue weighted by Crippen LogP contribution is -2.09. The Morgan fingerprint density at radius 3 is 2.87 bits per heavy atom. The lowest BCUT2D eigenvalue weighted by atomic mass is 10.4. The first-order valence-corrected chi connectivity index (χ1v) is 6.24. The van der Waals surface area contributed by atoms with Crippen molar-refractivity contribution in [1.82, 2.24) is 9.55 Å². The average Bonchev–Trinajstić information content (AvgIpc) is 2.42. The van der Waals surface area contributed by atoms with Gasteiger partial charge in [0.15, 0.2) is 0 Å². The van der Waals surface area contributed by atoms with Crippen molar-refractivity contribution in [1.29, 1.82) is 0 Å². The molecule has 80 valence electrons. The van der Waals surface area contributed by atoms with Crippen LogP contribution in [0.3, 0.4) is 0 Å². The molecule has 0 aliphatic rings. The molecule has 0 aliphatic carbocycles. The molecule has 2 heterocycles. The number of fused-ring (bicyclic) bond motifs is 1. The first-order chi connectivity index (χ1) is 6.97. The van der Waals surface area contributed by atoms with Gasteiger partial charge in [0.05, 0.1) is 17.5 Å². The maximum Gasteiger partial charge on any atom is 0.229 e. The summed E-state index contributed by atoms with van der Waals surface area (Å²) in [6, 6.07) is 3.70. The van der Waals surface area contributed by atoms with Crippen LogP contribution < -0.4 is 4.72 Å². The smallest absolute Gasteiger partial charge is 0.229 e. The Morgan fingerprint density at radius 2 is 2.20 bits per heavy atom. The molecule has 0 bridgehead atoms. The van der Waals surface area contributed by atoms with Crippen molar-refractivity contribution in [3.8, 4) is 0 Å². The molecule has 0 saturated heterocycles. The maximum absolute atomic E-state index is 11.1. The molecule has 1 N–H and O–H groups in total. The monoisotopic (exact) mass is 225 g/mol. The maximum atomic E-state index is 11.1. The highest BCUT2D eigenvalue weighted by Gasteiger charge is 2.10. The summed E-state index contributed by atoms with van der Waals surface area (Å²) < 4.78 is 26.5. The zero-order valence-corrected chi connectivity index (χ0v) is 9.25. The van der Waals surface area contributed by atoms with Crippen molar-refractivity contribution < 1.29 is 8.42 Å². The number of hydrogen-bond acceptors (Lipinski definition) is 3. The van der Waals surface area contributed by atoms with Crippen molar-refractivity contribution in [3.05, 3.63) is 24.5 Å². The Balaban J connectivity index is 2.62. The standard InChI is InChI=1S/C9H11N3O2S/c1-12-6-7(11-15(2,13)14)9-8(12)4-3-5-10-9/h3-6,11H,1-2H3. The largest absolute Gasteiger partial charge is 0.347 e. The van der Waals surface area contributed by atoms with E-state index in [4.69, 9.17) is 0 Å². The highest BCUT2D eigenvalue weighted by Crippen LogP contribution is 2.23. The van der Waals surface area contributed by atoms with Gasteiger partial charge in [-0.3, -0.25) is 9.71 Å². The minimum Gasteiger partial charge on any atom is -0.347 e. The Bertz CT molecular complexity index is 601. The number of nitrogens with one attached hydrogen (secondary N) is 1. The van der Waals surface area contributed by atoms with Crippen molar-refractivity contribution in [2.24, 2.45) is 7.05 Å². The van der Waals surface area contributed by atoms with Crippen LogP contribution in [-0.4, -0.2) is 24.2 Å². The molecule has 2 aromatic heterocycles. The summed E-state index contributed by atoms with van der Waals surface area (Å²) in [6.07, 6.45) is 4.46. The third-order valence-corrected chi connectivity index (χ3v) is 2.63. The molecule has 5 nitrogen and oxygen atoms in total. The second-order valence-electron chi connectivity index (χ2n) is 3.40. The number of pyridine rings is 1. The molecule has 0 aliphatic heterocycles. The third-order valence-electron chi connectivity index (χ3n) is 2.04. The van der Waals surface area contributed by atoms with Gasteiger partial charge in [0, 0.05) is 19.4 Å². The number of sulfonamides is 1. The summed E-state index contributed by atoms with van der Waals surface area (Å²) in [7, 11) is -1.41. The molecule has 6 heteroatoms. The normalized spacial score (nSPS) is 11.9. The zero-order chi connectivity index (χ0) is 11.1. The van der Waals surface area contributed by atoms with Crippen LogP contribution in [0.4, 0.5) is 5.69 Å². The second kappa shape index (κ2) is 3.23. The quantitative estimate of drug-likeness (QED) is 0.827. The Hall–Kier alpha value is -1.56. The molecule has 0 spiro atoms. The Kier molecular flexibility index (Phi) is 2.15. The number of aryl methyl sites for hydroxylation is 1. The van der Waals surface area contributed by atoms with E-state index < -0.39 is 10.0 Å². The van der Waals surface area contributed by atoms with Gasteiger partial charge in [0.25, 0.3) is 0 Å². The van der Waals surface area contributed by atoms with E-state index in [-0.39, 0.29) is 0 Å². The van der Waals surface area contributed by atoms with Gasteiger partial charge >= 0.3 is 0 Å².